The van der Waals surface area contributed by atoms with Crippen molar-refractivity contribution >= 4 is 5.69 Å². The quantitative estimate of drug-likeness (QED) is 0.531. The van der Waals surface area contributed by atoms with Gasteiger partial charge in [-0.1, -0.05) is 31.2 Å². The molecule has 3 aromatic rings. The van der Waals surface area contributed by atoms with E-state index >= 15 is 0 Å². The van der Waals surface area contributed by atoms with Gasteiger partial charge in [-0.3, -0.25) is 9.36 Å². The Morgan fingerprint density at radius 2 is 1.94 bits per heavy atom. The summed E-state index contributed by atoms with van der Waals surface area (Å²) in [6.07, 6.45) is 1.47. The second-order valence-corrected chi connectivity index (χ2v) is 8.36. The molecular formula is C27H33N3O3. The van der Waals surface area contributed by atoms with E-state index in [1.165, 1.54) is 11.1 Å². The van der Waals surface area contributed by atoms with Gasteiger partial charge in [0.15, 0.2) is 0 Å². The van der Waals surface area contributed by atoms with Crippen molar-refractivity contribution in [1.29, 1.82) is 0 Å². The molecule has 0 aliphatic heterocycles. The maximum absolute atomic E-state index is 13.8. The molecule has 1 aliphatic rings. The lowest BCUT2D eigenvalue weighted by Gasteiger charge is -2.25. The van der Waals surface area contributed by atoms with Gasteiger partial charge >= 0.3 is 0 Å². The number of hydrogen-bond donors (Lipinski definition) is 1. The molecule has 0 saturated carbocycles. The average Bonchev–Trinajstić information content (AvgIpc) is 3.17. The number of aryl methyl sites for hydroxylation is 2. The van der Waals surface area contributed by atoms with Gasteiger partial charge in [-0.15, -0.1) is 0 Å². The van der Waals surface area contributed by atoms with E-state index in [4.69, 9.17) is 14.5 Å². The lowest BCUT2D eigenvalue weighted by molar-refractivity contribution is 0.0574. The number of hydrogen-bond acceptors (Lipinski definition) is 5. The number of ether oxygens (including phenoxy) is 2. The van der Waals surface area contributed by atoms with Crippen molar-refractivity contribution in [3.63, 3.8) is 0 Å². The molecule has 2 atom stereocenters. The molecule has 174 valence electrons. The molecule has 0 radical (unpaired) electrons. The minimum Gasteiger partial charge on any atom is -0.497 e. The molecule has 1 aromatic heterocycles. The second-order valence-electron chi connectivity index (χ2n) is 8.36. The molecule has 1 N–H and O–H groups in total. The largest absolute Gasteiger partial charge is 0.497 e. The zero-order valence-electron chi connectivity index (χ0n) is 20.1. The van der Waals surface area contributed by atoms with Crippen molar-refractivity contribution < 1.29 is 9.47 Å². The lowest BCUT2D eigenvalue weighted by atomic mass is 10.1. The third kappa shape index (κ3) is 4.27. The van der Waals surface area contributed by atoms with Crippen LogP contribution in [0.15, 0.2) is 47.3 Å². The lowest BCUT2D eigenvalue weighted by Crippen LogP contribution is -2.32. The molecule has 2 aromatic carbocycles. The van der Waals surface area contributed by atoms with E-state index in [9.17, 15) is 4.79 Å². The predicted molar refractivity (Wildman–Crippen MR) is 132 cm³/mol. The smallest absolute Gasteiger partial charge is 0.277 e. The molecule has 0 fully saturated rings. The summed E-state index contributed by atoms with van der Waals surface area (Å²) in [6.45, 7) is 9.20. The fourth-order valence-electron chi connectivity index (χ4n) is 4.77. The number of aromatic nitrogens is 2. The summed E-state index contributed by atoms with van der Waals surface area (Å²) in [5, 5.41) is 3.57. The van der Waals surface area contributed by atoms with Gasteiger partial charge in [0.25, 0.3) is 5.56 Å². The Labute approximate surface area is 195 Å². The Morgan fingerprint density at radius 3 is 2.61 bits per heavy atom. The van der Waals surface area contributed by atoms with Gasteiger partial charge in [-0.25, -0.2) is 4.98 Å². The zero-order chi connectivity index (χ0) is 23.5. The number of methoxy groups -OCH3 is 1. The normalized spacial score (nSPS) is 17.1. The first kappa shape index (κ1) is 23.1. The van der Waals surface area contributed by atoms with Crippen LogP contribution >= 0.6 is 0 Å². The van der Waals surface area contributed by atoms with Crippen LogP contribution < -0.4 is 15.6 Å². The Kier molecular flexibility index (Phi) is 6.84. The van der Waals surface area contributed by atoms with Gasteiger partial charge in [0, 0.05) is 25.1 Å². The monoisotopic (exact) mass is 447 g/mol. The highest BCUT2D eigenvalue weighted by molar-refractivity contribution is 5.64. The molecule has 6 nitrogen and oxygen atoms in total. The molecule has 0 saturated heterocycles. The molecule has 1 unspecified atom stereocenters. The second kappa shape index (κ2) is 9.79. The average molecular weight is 448 g/mol. The summed E-state index contributed by atoms with van der Waals surface area (Å²) in [5.41, 5.74) is 5.71. The number of benzene rings is 2. The summed E-state index contributed by atoms with van der Waals surface area (Å²) in [5.74, 6) is 1.48. The van der Waals surface area contributed by atoms with Gasteiger partial charge in [-0.2, -0.15) is 0 Å². The van der Waals surface area contributed by atoms with Crippen molar-refractivity contribution in [2.75, 3.05) is 19.0 Å². The van der Waals surface area contributed by atoms with E-state index in [0.29, 0.717) is 31.1 Å². The first-order valence-electron chi connectivity index (χ1n) is 11.8. The van der Waals surface area contributed by atoms with Crippen LogP contribution in [0.5, 0.6) is 5.75 Å². The molecule has 1 aliphatic carbocycles. The molecule has 0 spiro atoms. The van der Waals surface area contributed by atoms with E-state index in [1.54, 1.807) is 11.7 Å². The van der Waals surface area contributed by atoms with E-state index in [-0.39, 0.29) is 17.7 Å². The summed E-state index contributed by atoms with van der Waals surface area (Å²) in [7, 11) is 1.65. The van der Waals surface area contributed by atoms with Crippen LogP contribution in [0.2, 0.25) is 0 Å². The van der Waals surface area contributed by atoms with Crippen LogP contribution in [0.1, 0.15) is 49.2 Å². The molecular weight excluding hydrogens is 414 g/mol. The fraction of sp³-hybridized carbons (Fsp3) is 0.407. The standard InChI is InChI=1S/C27H33N3O3/c1-6-22-25(29-24-21-12-10-9-11-18(21)16-23(24)33-8-3)27(31)30(7-2)26(28-22)20-14-13-19(32-5)15-17(20)4/h9-15,23-24,29H,6-8,16H2,1-5H3/t23-,24?/m0/s1. The van der Waals surface area contributed by atoms with E-state index in [2.05, 4.69) is 23.5 Å². The molecule has 33 heavy (non-hydrogen) atoms. The van der Waals surface area contributed by atoms with Gasteiger partial charge in [-0.05, 0) is 62.1 Å². The summed E-state index contributed by atoms with van der Waals surface area (Å²) in [6, 6.07) is 14.1. The topological polar surface area (TPSA) is 65.4 Å². The van der Waals surface area contributed by atoms with E-state index < -0.39 is 0 Å². The third-order valence-corrected chi connectivity index (χ3v) is 6.43. The molecule has 1 heterocycles. The summed E-state index contributed by atoms with van der Waals surface area (Å²) >= 11 is 0. The van der Waals surface area contributed by atoms with Crippen LogP contribution in [0.4, 0.5) is 5.69 Å². The fourth-order valence-corrected chi connectivity index (χ4v) is 4.77. The van der Waals surface area contributed by atoms with Crippen molar-refractivity contribution in [3.05, 3.63) is 75.2 Å². The van der Waals surface area contributed by atoms with Crippen LogP contribution in [0.3, 0.4) is 0 Å². The Hall–Kier alpha value is -3.12. The molecule has 0 bridgehead atoms. The van der Waals surface area contributed by atoms with Crippen molar-refractivity contribution in [2.45, 2.75) is 59.2 Å². The highest BCUT2D eigenvalue weighted by Gasteiger charge is 2.34. The number of anilines is 1. The van der Waals surface area contributed by atoms with E-state index in [1.807, 2.05) is 52.0 Å². The maximum Gasteiger partial charge on any atom is 0.277 e. The molecule has 4 rings (SSSR count). The SMILES string of the molecule is CCO[C@H]1Cc2ccccc2C1Nc1c(CC)nc(-c2ccc(OC)cc2C)n(CC)c1=O. The predicted octanol–water partition coefficient (Wildman–Crippen LogP) is 4.92. The minimum atomic E-state index is -0.0835. The van der Waals surface area contributed by atoms with E-state index in [0.717, 1.165) is 29.0 Å². The van der Waals surface area contributed by atoms with Crippen LogP contribution in [-0.2, 0) is 24.1 Å². The van der Waals surface area contributed by atoms with Crippen molar-refractivity contribution in [1.82, 2.24) is 9.55 Å². The molecule has 6 heteroatoms. The van der Waals surface area contributed by atoms with Gasteiger partial charge in [0.05, 0.1) is 24.9 Å². The third-order valence-electron chi connectivity index (χ3n) is 6.43. The number of nitrogens with zero attached hydrogens (tertiary/aromatic N) is 2. The maximum atomic E-state index is 13.8. The van der Waals surface area contributed by atoms with Gasteiger partial charge < -0.3 is 14.8 Å². The van der Waals surface area contributed by atoms with Crippen molar-refractivity contribution in [3.8, 4) is 17.1 Å². The number of rotatable bonds is 8. The first-order valence-corrected chi connectivity index (χ1v) is 11.8. The van der Waals surface area contributed by atoms with Crippen molar-refractivity contribution in [2.24, 2.45) is 0 Å². The van der Waals surface area contributed by atoms with Gasteiger partial charge in [0.2, 0.25) is 0 Å². The number of fused-ring (bicyclic) bond motifs is 1. The van der Waals surface area contributed by atoms with Crippen LogP contribution in [0, 0.1) is 6.92 Å². The highest BCUT2D eigenvalue weighted by atomic mass is 16.5. The summed E-state index contributed by atoms with van der Waals surface area (Å²) < 4.78 is 13.2. The summed E-state index contributed by atoms with van der Waals surface area (Å²) in [4.78, 5) is 18.8. The Balaban J connectivity index is 1.81. The zero-order valence-corrected chi connectivity index (χ0v) is 20.1. The highest BCUT2D eigenvalue weighted by Crippen LogP contribution is 2.36. The number of nitrogens with one attached hydrogen (secondary N) is 1. The van der Waals surface area contributed by atoms with Crippen LogP contribution in [-0.4, -0.2) is 29.4 Å². The van der Waals surface area contributed by atoms with Gasteiger partial charge in [0.1, 0.15) is 17.3 Å². The molecule has 0 amide bonds. The Bertz CT molecular complexity index is 1200. The Morgan fingerprint density at radius 1 is 1.15 bits per heavy atom. The minimum absolute atomic E-state index is 0.0184. The van der Waals surface area contributed by atoms with Crippen LogP contribution in [0.25, 0.3) is 11.4 Å². The first-order chi connectivity index (χ1) is 16.0.